The Balaban J connectivity index is 1.36. The van der Waals surface area contributed by atoms with Crippen molar-refractivity contribution in [3.8, 4) is 5.75 Å². The van der Waals surface area contributed by atoms with Crippen molar-refractivity contribution in [1.82, 2.24) is 15.5 Å². The van der Waals surface area contributed by atoms with Crippen LogP contribution in [0.15, 0.2) is 59.6 Å². The lowest BCUT2D eigenvalue weighted by molar-refractivity contribution is 0.198. The molecule has 0 radical (unpaired) electrons. The third-order valence-corrected chi connectivity index (χ3v) is 5.40. The highest BCUT2D eigenvalue weighted by Gasteiger charge is 2.19. The number of ether oxygens (including phenoxy) is 1. The molecule has 1 aliphatic heterocycles. The van der Waals surface area contributed by atoms with Crippen molar-refractivity contribution in [3.63, 3.8) is 0 Å². The summed E-state index contributed by atoms with van der Waals surface area (Å²) in [4.78, 5) is 6.95. The second-order valence-electron chi connectivity index (χ2n) is 8.24. The van der Waals surface area contributed by atoms with Crippen LogP contribution in [0.2, 0.25) is 0 Å². The van der Waals surface area contributed by atoms with Gasteiger partial charge in [0.1, 0.15) is 5.75 Å². The van der Waals surface area contributed by atoms with E-state index in [-0.39, 0.29) is 6.10 Å². The van der Waals surface area contributed by atoms with Crippen LogP contribution in [0, 0.1) is 0 Å². The monoisotopic (exact) mass is 408 g/mol. The maximum atomic E-state index is 5.71. The van der Waals surface area contributed by atoms with Gasteiger partial charge in [0, 0.05) is 39.3 Å². The summed E-state index contributed by atoms with van der Waals surface area (Å²) in [6.45, 7) is 8.23. The van der Waals surface area contributed by atoms with Gasteiger partial charge in [-0.05, 0) is 56.4 Å². The second-order valence-corrected chi connectivity index (χ2v) is 8.24. The van der Waals surface area contributed by atoms with Crippen molar-refractivity contribution < 1.29 is 4.74 Å². The quantitative estimate of drug-likeness (QED) is 0.515. The number of hydrogen-bond acceptors (Lipinski definition) is 3. The lowest BCUT2D eigenvalue weighted by atomic mass is 10.0. The molecule has 0 amide bonds. The highest BCUT2D eigenvalue weighted by atomic mass is 16.5. The Bertz CT molecular complexity index is 765. The topological polar surface area (TPSA) is 48.9 Å². The Kier molecular flexibility index (Phi) is 8.57. The first kappa shape index (κ1) is 22.2. The molecule has 0 aromatic heterocycles. The number of aliphatic imine (C=N–C) groups is 1. The molecule has 0 aliphatic carbocycles. The number of nitrogens with one attached hydrogen (secondary N) is 2. The number of rotatable bonds is 8. The number of benzene rings is 2. The number of likely N-dealkylation sites (tertiary alicyclic amines) is 1. The van der Waals surface area contributed by atoms with E-state index in [9.17, 15) is 0 Å². The molecule has 0 spiro atoms. The summed E-state index contributed by atoms with van der Waals surface area (Å²) in [5, 5.41) is 7.06. The molecule has 1 fully saturated rings. The zero-order valence-electron chi connectivity index (χ0n) is 18.6. The van der Waals surface area contributed by atoms with Crippen molar-refractivity contribution in [2.75, 3.05) is 26.7 Å². The van der Waals surface area contributed by atoms with E-state index in [1.165, 1.54) is 11.1 Å². The lowest BCUT2D eigenvalue weighted by Crippen LogP contribution is -2.48. The van der Waals surface area contributed by atoms with Crippen LogP contribution < -0.4 is 15.4 Å². The van der Waals surface area contributed by atoms with Gasteiger partial charge in [0.2, 0.25) is 0 Å². The predicted octanol–water partition coefficient (Wildman–Crippen LogP) is 3.85. The summed E-state index contributed by atoms with van der Waals surface area (Å²) in [5.41, 5.74) is 2.69. The molecule has 5 heteroatoms. The van der Waals surface area contributed by atoms with Gasteiger partial charge in [0.15, 0.2) is 5.96 Å². The summed E-state index contributed by atoms with van der Waals surface area (Å²) >= 11 is 0. The van der Waals surface area contributed by atoms with Crippen LogP contribution in [0.3, 0.4) is 0 Å². The Morgan fingerprint density at radius 2 is 1.73 bits per heavy atom. The highest BCUT2D eigenvalue weighted by Crippen LogP contribution is 2.15. The third kappa shape index (κ3) is 7.38. The molecule has 1 saturated heterocycles. The Morgan fingerprint density at radius 1 is 1.03 bits per heavy atom. The van der Waals surface area contributed by atoms with Gasteiger partial charge in [0.25, 0.3) is 0 Å². The number of piperidine rings is 1. The van der Waals surface area contributed by atoms with Crippen LogP contribution in [0.4, 0.5) is 0 Å². The van der Waals surface area contributed by atoms with Crippen LogP contribution >= 0.6 is 0 Å². The van der Waals surface area contributed by atoms with E-state index in [0.29, 0.717) is 6.04 Å². The molecule has 5 nitrogen and oxygen atoms in total. The van der Waals surface area contributed by atoms with E-state index in [2.05, 4.69) is 63.0 Å². The van der Waals surface area contributed by atoms with E-state index in [4.69, 9.17) is 4.74 Å². The Labute approximate surface area is 181 Å². The first-order chi connectivity index (χ1) is 14.6. The molecule has 1 aliphatic rings. The summed E-state index contributed by atoms with van der Waals surface area (Å²) < 4.78 is 5.71. The maximum absolute atomic E-state index is 5.71. The molecule has 0 atom stereocenters. The van der Waals surface area contributed by atoms with Crippen LogP contribution in [-0.4, -0.2) is 49.7 Å². The van der Waals surface area contributed by atoms with Crippen molar-refractivity contribution in [2.45, 2.75) is 51.8 Å². The molecular formula is C25H36N4O. The Hall–Kier alpha value is -2.53. The van der Waals surface area contributed by atoms with E-state index in [1.54, 1.807) is 0 Å². The van der Waals surface area contributed by atoms with E-state index >= 15 is 0 Å². The number of nitrogens with zero attached hydrogens (tertiary/aromatic N) is 2. The lowest BCUT2D eigenvalue weighted by Gasteiger charge is -2.33. The minimum absolute atomic E-state index is 0.206. The molecular weight excluding hydrogens is 372 g/mol. The molecule has 0 saturated carbocycles. The van der Waals surface area contributed by atoms with E-state index in [1.807, 2.05) is 33.0 Å². The van der Waals surface area contributed by atoms with Crippen molar-refractivity contribution in [1.29, 1.82) is 0 Å². The van der Waals surface area contributed by atoms with Crippen molar-refractivity contribution >= 4 is 5.96 Å². The van der Waals surface area contributed by atoms with Gasteiger partial charge in [-0.3, -0.25) is 9.89 Å². The summed E-state index contributed by atoms with van der Waals surface area (Å²) in [5.74, 6) is 1.83. The van der Waals surface area contributed by atoms with Gasteiger partial charge in [-0.2, -0.15) is 0 Å². The molecule has 3 rings (SSSR count). The molecule has 1 heterocycles. The van der Waals surface area contributed by atoms with E-state index in [0.717, 1.165) is 57.2 Å². The smallest absolute Gasteiger partial charge is 0.191 e. The predicted molar refractivity (Wildman–Crippen MR) is 125 cm³/mol. The fourth-order valence-corrected chi connectivity index (χ4v) is 3.80. The van der Waals surface area contributed by atoms with Gasteiger partial charge in [0.05, 0.1) is 6.10 Å². The number of hydrogen-bond donors (Lipinski definition) is 2. The zero-order chi connectivity index (χ0) is 21.2. The Morgan fingerprint density at radius 3 is 2.37 bits per heavy atom. The molecule has 0 bridgehead atoms. The average Bonchev–Trinajstić information content (AvgIpc) is 2.76. The number of guanidine groups is 1. The van der Waals surface area contributed by atoms with Gasteiger partial charge < -0.3 is 15.4 Å². The molecule has 162 valence electrons. The van der Waals surface area contributed by atoms with E-state index < -0.39 is 0 Å². The third-order valence-electron chi connectivity index (χ3n) is 5.40. The molecule has 0 unspecified atom stereocenters. The maximum Gasteiger partial charge on any atom is 0.191 e. The fraction of sp³-hybridized carbons (Fsp3) is 0.480. The van der Waals surface area contributed by atoms with Gasteiger partial charge in [-0.15, -0.1) is 0 Å². The standard InChI is InChI=1S/C25H36N4O/c1-20(2)30-24-11-9-21(10-12-24)13-16-27-25(26-3)28-23-14-17-29(18-15-23)19-22-7-5-4-6-8-22/h4-12,20,23H,13-19H2,1-3H3,(H2,26,27,28). The van der Waals surface area contributed by atoms with Gasteiger partial charge in [-0.25, -0.2) is 0 Å². The summed E-state index contributed by atoms with van der Waals surface area (Å²) in [6, 6.07) is 19.6. The molecule has 2 aromatic carbocycles. The van der Waals surface area contributed by atoms with Crippen LogP contribution in [0.5, 0.6) is 5.75 Å². The SMILES string of the molecule is CN=C(NCCc1ccc(OC(C)C)cc1)NC1CCN(Cc2ccccc2)CC1. The molecule has 2 aromatic rings. The first-order valence-electron chi connectivity index (χ1n) is 11.1. The minimum atomic E-state index is 0.206. The van der Waals surface area contributed by atoms with Crippen LogP contribution in [-0.2, 0) is 13.0 Å². The largest absolute Gasteiger partial charge is 0.491 e. The summed E-state index contributed by atoms with van der Waals surface area (Å²) in [7, 11) is 1.85. The summed E-state index contributed by atoms with van der Waals surface area (Å²) in [6.07, 6.45) is 3.45. The van der Waals surface area contributed by atoms with Gasteiger partial charge >= 0.3 is 0 Å². The first-order valence-corrected chi connectivity index (χ1v) is 11.1. The molecule has 2 N–H and O–H groups in total. The fourth-order valence-electron chi connectivity index (χ4n) is 3.80. The van der Waals surface area contributed by atoms with Crippen LogP contribution in [0.25, 0.3) is 0 Å². The van der Waals surface area contributed by atoms with Crippen molar-refractivity contribution in [3.05, 3.63) is 65.7 Å². The van der Waals surface area contributed by atoms with Gasteiger partial charge in [-0.1, -0.05) is 42.5 Å². The van der Waals surface area contributed by atoms with Crippen molar-refractivity contribution in [2.24, 2.45) is 4.99 Å². The molecule has 30 heavy (non-hydrogen) atoms. The van der Waals surface area contributed by atoms with Crippen LogP contribution in [0.1, 0.15) is 37.8 Å². The normalized spacial score (nSPS) is 15.9. The second kappa shape index (κ2) is 11.6. The zero-order valence-corrected chi connectivity index (χ0v) is 18.6. The highest BCUT2D eigenvalue weighted by molar-refractivity contribution is 5.79. The minimum Gasteiger partial charge on any atom is -0.491 e. The average molecular weight is 409 g/mol.